The second-order valence-electron chi connectivity index (χ2n) is 8.02. The summed E-state index contributed by atoms with van der Waals surface area (Å²) in [6.07, 6.45) is 3.23. The van der Waals surface area contributed by atoms with Crippen LogP contribution in [-0.4, -0.2) is 33.9 Å². The van der Waals surface area contributed by atoms with E-state index in [4.69, 9.17) is 16.6 Å². The van der Waals surface area contributed by atoms with Crippen LogP contribution in [-0.2, 0) is 17.6 Å². The molecule has 0 unspecified atom stereocenters. The number of piperidine rings is 1. The number of aryl methyl sites for hydroxylation is 2. The Kier molecular flexibility index (Phi) is 6.49. The third-order valence-corrected chi connectivity index (χ3v) is 6.77. The molecule has 1 aliphatic heterocycles. The molecule has 1 aliphatic rings. The molecule has 1 fully saturated rings. The summed E-state index contributed by atoms with van der Waals surface area (Å²) in [5.74, 6) is 0.429. The maximum absolute atomic E-state index is 12.8. The second-order valence-corrected chi connectivity index (χ2v) is 9.49. The van der Waals surface area contributed by atoms with Crippen molar-refractivity contribution in [2.75, 3.05) is 13.1 Å². The molecule has 1 saturated heterocycles. The average molecular weight is 440 g/mol. The quantitative estimate of drug-likeness (QED) is 0.538. The van der Waals surface area contributed by atoms with Gasteiger partial charge in [0.1, 0.15) is 0 Å². The second kappa shape index (κ2) is 9.27. The molecule has 1 atom stereocenters. The van der Waals surface area contributed by atoms with Gasteiger partial charge in [-0.25, -0.2) is 4.98 Å². The number of thiazole rings is 1. The number of halogens is 1. The summed E-state index contributed by atoms with van der Waals surface area (Å²) in [7, 11) is 0. The summed E-state index contributed by atoms with van der Waals surface area (Å²) in [4.78, 5) is 24.1. The Balaban J connectivity index is 1.48. The Morgan fingerprint density at radius 1 is 1.23 bits per heavy atom. The van der Waals surface area contributed by atoms with Crippen LogP contribution in [0.15, 0.2) is 41.8 Å². The lowest BCUT2D eigenvalue weighted by molar-refractivity contribution is -0.131. The zero-order valence-electron chi connectivity index (χ0n) is 17.4. The minimum absolute atomic E-state index is 0.161. The van der Waals surface area contributed by atoms with E-state index in [2.05, 4.69) is 23.2 Å². The number of carbonyl (C=O) groups is 1. The number of benzene rings is 1. The van der Waals surface area contributed by atoms with Gasteiger partial charge in [-0.1, -0.05) is 29.8 Å². The van der Waals surface area contributed by atoms with Crippen LogP contribution >= 0.6 is 22.9 Å². The summed E-state index contributed by atoms with van der Waals surface area (Å²) >= 11 is 7.95. The molecular formula is C24H26ClN3OS. The first-order chi connectivity index (χ1) is 14.5. The van der Waals surface area contributed by atoms with Crippen molar-refractivity contribution in [1.82, 2.24) is 14.9 Å². The van der Waals surface area contributed by atoms with E-state index in [-0.39, 0.29) is 11.8 Å². The van der Waals surface area contributed by atoms with Crippen molar-refractivity contribution < 1.29 is 4.79 Å². The van der Waals surface area contributed by atoms with Crippen LogP contribution in [0.25, 0.3) is 0 Å². The summed E-state index contributed by atoms with van der Waals surface area (Å²) in [5, 5.41) is 3.78. The number of pyridine rings is 1. The molecule has 0 bridgehead atoms. The summed E-state index contributed by atoms with van der Waals surface area (Å²) < 4.78 is 0. The topological polar surface area (TPSA) is 46.1 Å². The van der Waals surface area contributed by atoms with Gasteiger partial charge in [-0.05, 0) is 62.4 Å². The molecule has 0 aliphatic carbocycles. The van der Waals surface area contributed by atoms with Crippen molar-refractivity contribution in [3.05, 3.63) is 80.0 Å². The van der Waals surface area contributed by atoms with Crippen molar-refractivity contribution in [2.45, 2.75) is 45.4 Å². The van der Waals surface area contributed by atoms with E-state index in [1.807, 2.05) is 42.3 Å². The van der Waals surface area contributed by atoms with Crippen LogP contribution in [0.4, 0.5) is 0 Å². The molecule has 4 nitrogen and oxygen atoms in total. The minimum Gasteiger partial charge on any atom is -0.342 e. The van der Waals surface area contributed by atoms with Crippen LogP contribution in [0.2, 0.25) is 5.02 Å². The first-order valence-electron chi connectivity index (χ1n) is 10.4. The lowest BCUT2D eigenvalue weighted by atomic mass is 9.92. The molecule has 0 spiro atoms. The van der Waals surface area contributed by atoms with Gasteiger partial charge in [0.15, 0.2) is 0 Å². The van der Waals surface area contributed by atoms with Gasteiger partial charge in [-0.15, -0.1) is 11.3 Å². The Morgan fingerprint density at radius 3 is 2.83 bits per heavy atom. The zero-order chi connectivity index (χ0) is 21.1. The van der Waals surface area contributed by atoms with E-state index in [0.29, 0.717) is 6.42 Å². The van der Waals surface area contributed by atoms with Crippen molar-refractivity contribution in [2.24, 2.45) is 0 Å². The Hall–Kier alpha value is -2.24. The first-order valence-corrected chi connectivity index (χ1v) is 11.6. The molecule has 3 heterocycles. The lowest BCUT2D eigenvalue weighted by Gasteiger charge is -2.32. The van der Waals surface area contributed by atoms with Crippen LogP contribution in [0.5, 0.6) is 0 Å². The van der Waals surface area contributed by atoms with Gasteiger partial charge >= 0.3 is 0 Å². The van der Waals surface area contributed by atoms with E-state index in [0.717, 1.165) is 65.0 Å². The monoisotopic (exact) mass is 439 g/mol. The predicted molar refractivity (Wildman–Crippen MR) is 122 cm³/mol. The van der Waals surface area contributed by atoms with E-state index in [9.17, 15) is 4.79 Å². The number of aromatic nitrogens is 2. The Bertz CT molecular complexity index is 1050. The van der Waals surface area contributed by atoms with E-state index in [1.165, 1.54) is 5.56 Å². The summed E-state index contributed by atoms with van der Waals surface area (Å²) in [6, 6.07) is 12.3. The van der Waals surface area contributed by atoms with Gasteiger partial charge < -0.3 is 4.90 Å². The third kappa shape index (κ3) is 5.08. The molecule has 3 aromatic rings. The number of hydrogen-bond acceptors (Lipinski definition) is 4. The number of amides is 1. The molecule has 30 heavy (non-hydrogen) atoms. The fourth-order valence-electron chi connectivity index (χ4n) is 4.14. The van der Waals surface area contributed by atoms with Crippen molar-refractivity contribution >= 4 is 28.8 Å². The highest BCUT2D eigenvalue weighted by Gasteiger charge is 2.26. The largest absolute Gasteiger partial charge is 0.342 e. The van der Waals surface area contributed by atoms with Gasteiger partial charge in [0.25, 0.3) is 0 Å². The van der Waals surface area contributed by atoms with Gasteiger partial charge in [0, 0.05) is 40.8 Å². The number of rotatable bonds is 5. The molecule has 1 amide bonds. The fourth-order valence-corrected chi connectivity index (χ4v) is 4.96. The standard InChI is InChI=1S/C24H26ClN3OS/c1-16-10-18(11-19-6-3-4-8-22(19)25)12-23(26-16)20-7-5-9-28(14-20)24(29)13-21-15-30-17(2)27-21/h3-4,6,8,10,12,15,20H,5,7,9,11,13-14H2,1-2H3/t20-/m0/s1. The highest BCUT2D eigenvalue weighted by Crippen LogP contribution is 2.28. The molecule has 0 radical (unpaired) electrons. The van der Waals surface area contributed by atoms with Gasteiger partial charge in [-0.3, -0.25) is 9.78 Å². The zero-order valence-corrected chi connectivity index (χ0v) is 19.0. The number of carbonyl (C=O) groups excluding carboxylic acids is 1. The van der Waals surface area contributed by atoms with E-state index in [1.54, 1.807) is 11.3 Å². The molecular weight excluding hydrogens is 414 g/mol. The smallest absolute Gasteiger partial charge is 0.228 e. The Morgan fingerprint density at radius 2 is 2.07 bits per heavy atom. The summed E-state index contributed by atoms with van der Waals surface area (Å²) in [5.41, 5.74) is 5.30. The number of hydrogen-bond donors (Lipinski definition) is 0. The molecule has 4 rings (SSSR count). The van der Waals surface area contributed by atoms with E-state index < -0.39 is 0 Å². The highest BCUT2D eigenvalue weighted by atomic mass is 35.5. The van der Waals surface area contributed by atoms with Crippen LogP contribution in [0.3, 0.4) is 0 Å². The average Bonchev–Trinajstić information content (AvgIpc) is 3.14. The maximum Gasteiger partial charge on any atom is 0.228 e. The molecule has 0 saturated carbocycles. The minimum atomic E-state index is 0.161. The van der Waals surface area contributed by atoms with Crippen molar-refractivity contribution in [1.29, 1.82) is 0 Å². The van der Waals surface area contributed by atoms with E-state index >= 15 is 0 Å². The maximum atomic E-state index is 12.8. The predicted octanol–water partition coefficient (Wildman–Crippen LogP) is 5.35. The summed E-state index contributed by atoms with van der Waals surface area (Å²) in [6.45, 7) is 5.55. The van der Waals surface area contributed by atoms with Gasteiger partial charge in [-0.2, -0.15) is 0 Å². The van der Waals surface area contributed by atoms with Crippen molar-refractivity contribution in [3.8, 4) is 0 Å². The van der Waals surface area contributed by atoms with Crippen LogP contribution in [0, 0.1) is 13.8 Å². The van der Waals surface area contributed by atoms with Gasteiger partial charge in [0.2, 0.25) is 5.91 Å². The third-order valence-electron chi connectivity index (χ3n) is 5.58. The first kappa shape index (κ1) is 21.0. The number of likely N-dealkylation sites (tertiary alicyclic amines) is 1. The molecule has 1 aromatic carbocycles. The fraction of sp³-hybridized carbons (Fsp3) is 0.375. The lowest BCUT2D eigenvalue weighted by Crippen LogP contribution is -2.40. The van der Waals surface area contributed by atoms with Crippen molar-refractivity contribution in [3.63, 3.8) is 0 Å². The molecule has 2 aromatic heterocycles. The normalized spacial score (nSPS) is 16.6. The SMILES string of the molecule is Cc1cc(Cc2ccccc2Cl)cc([C@H]2CCCN(C(=O)Cc3csc(C)n3)C2)n1. The Labute approximate surface area is 186 Å². The molecule has 0 N–H and O–H groups in total. The highest BCUT2D eigenvalue weighted by molar-refractivity contribution is 7.09. The van der Waals surface area contributed by atoms with Crippen LogP contribution in [0.1, 0.15) is 52.0 Å². The van der Waals surface area contributed by atoms with Crippen LogP contribution < -0.4 is 0 Å². The van der Waals surface area contributed by atoms with Gasteiger partial charge in [0.05, 0.1) is 17.1 Å². The molecule has 6 heteroatoms. The number of nitrogens with zero attached hydrogens (tertiary/aromatic N) is 3. The molecule has 156 valence electrons.